The van der Waals surface area contributed by atoms with Gasteiger partial charge in [0, 0.05) is 44.3 Å². The maximum Gasteiger partial charge on any atom is 0.416 e. The van der Waals surface area contributed by atoms with Gasteiger partial charge < -0.3 is 9.64 Å². The minimum atomic E-state index is -4.99. The molecule has 0 N–H and O–H groups in total. The monoisotopic (exact) mass is 646 g/mol. The third-order valence-electron chi connectivity index (χ3n) is 8.11. The van der Waals surface area contributed by atoms with E-state index in [2.05, 4.69) is 9.80 Å². The number of esters is 1. The van der Waals surface area contributed by atoms with Crippen LogP contribution in [-0.4, -0.2) is 52.8 Å². The third-order valence-corrected chi connectivity index (χ3v) is 8.11. The maximum absolute atomic E-state index is 13.4. The summed E-state index contributed by atoms with van der Waals surface area (Å²) in [6, 6.07) is 16.3. The molecule has 0 saturated carbocycles. The molecule has 1 aliphatic rings. The molecule has 1 fully saturated rings. The first-order valence-corrected chi connectivity index (χ1v) is 14.7. The van der Waals surface area contributed by atoms with Crippen LogP contribution in [-0.2, 0) is 21.9 Å². The first kappa shape index (κ1) is 32.9. The second kappa shape index (κ2) is 13.1. The van der Waals surface area contributed by atoms with Gasteiger partial charge in [-0.1, -0.05) is 30.3 Å². The fourth-order valence-electron chi connectivity index (χ4n) is 5.68. The molecule has 3 aromatic carbocycles. The number of imidazole rings is 1. The van der Waals surface area contributed by atoms with Crippen molar-refractivity contribution in [1.29, 1.82) is 0 Å². The molecule has 13 heteroatoms. The fourth-order valence-corrected chi connectivity index (χ4v) is 5.68. The number of alkyl halides is 6. The van der Waals surface area contributed by atoms with Gasteiger partial charge in [0.05, 0.1) is 29.5 Å². The minimum absolute atomic E-state index is 0.0631. The van der Waals surface area contributed by atoms with Crippen LogP contribution in [0.2, 0.25) is 0 Å². The van der Waals surface area contributed by atoms with E-state index in [1.165, 1.54) is 23.9 Å². The Morgan fingerprint density at radius 3 is 1.89 bits per heavy atom. The Kier molecular flexibility index (Phi) is 9.34. The number of nitrogens with zero attached hydrogens (tertiary/aromatic N) is 4. The number of carbonyl (C=O) groups excluding carboxylic acids is 1. The largest absolute Gasteiger partial charge is 0.465 e. The fraction of sp³-hybridized carbons (Fsp3) is 0.333. The van der Waals surface area contributed by atoms with Crippen LogP contribution < -0.4 is 10.6 Å². The summed E-state index contributed by atoms with van der Waals surface area (Å²) in [7, 11) is 0. The summed E-state index contributed by atoms with van der Waals surface area (Å²) < 4.78 is 88.1. The number of anilines is 1. The number of ether oxygens (including phenoxy) is 1. The van der Waals surface area contributed by atoms with Gasteiger partial charge in [0.25, 0.3) is 0 Å². The van der Waals surface area contributed by atoms with E-state index in [1.54, 1.807) is 19.1 Å². The van der Waals surface area contributed by atoms with Crippen molar-refractivity contribution < 1.29 is 35.9 Å². The molecule has 2 atom stereocenters. The summed E-state index contributed by atoms with van der Waals surface area (Å²) >= 11 is 0. The lowest BCUT2D eigenvalue weighted by atomic mass is 10.0. The molecule has 1 aromatic heterocycles. The van der Waals surface area contributed by atoms with Crippen LogP contribution >= 0.6 is 0 Å². The van der Waals surface area contributed by atoms with Crippen molar-refractivity contribution in [3.63, 3.8) is 0 Å². The maximum atomic E-state index is 13.4. The predicted molar refractivity (Wildman–Crippen MR) is 160 cm³/mol. The highest BCUT2D eigenvalue weighted by Gasteiger charge is 2.37. The summed E-state index contributed by atoms with van der Waals surface area (Å²) in [5.41, 5.74) is -1.57. The summed E-state index contributed by atoms with van der Waals surface area (Å²) in [6.07, 6.45) is -7.23. The van der Waals surface area contributed by atoms with Gasteiger partial charge in [0.15, 0.2) is 0 Å². The van der Waals surface area contributed by atoms with Crippen molar-refractivity contribution in [2.24, 2.45) is 0 Å². The van der Waals surface area contributed by atoms with Crippen LogP contribution in [0.5, 0.6) is 0 Å². The van der Waals surface area contributed by atoms with Crippen molar-refractivity contribution >= 4 is 11.7 Å². The van der Waals surface area contributed by atoms with Gasteiger partial charge in [-0.3, -0.25) is 14.0 Å². The Morgan fingerprint density at radius 1 is 0.783 bits per heavy atom. The lowest BCUT2D eigenvalue weighted by Gasteiger charge is -2.39. The van der Waals surface area contributed by atoms with Gasteiger partial charge in [0.1, 0.15) is 6.04 Å². The second-order valence-electron chi connectivity index (χ2n) is 11.0. The molecule has 7 nitrogen and oxygen atoms in total. The summed E-state index contributed by atoms with van der Waals surface area (Å²) in [5.74, 6) is -0.299. The Labute approximate surface area is 261 Å². The van der Waals surface area contributed by atoms with Gasteiger partial charge in [-0.25, -0.2) is 9.59 Å². The summed E-state index contributed by atoms with van der Waals surface area (Å²) in [6.45, 7) is 5.89. The van der Waals surface area contributed by atoms with Gasteiger partial charge in [0.2, 0.25) is 0 Å². The third kappa shape index (κ3) is 6.99. The number of carbonyl (C=O) groups is 1. The number of piperazine rings is 1. The van der Waals surface area contributed by atoms with E-state index in [-0.39, 0.29) is 24.2 Å². The highest BCUT2D eigenvalue weighted by atomic mass is 19.4. The van der Waals surface area contributed by atoms with Crippen molar-refractivity contribution in [3.8, 4) is 5.69 Å². The predicted octanol–water partition coefficient (Wildman–Crippen LogP) is 6.71. The van der Waals surface area contributed by atoms with Gasteiger partial charge in [-0.15, -0.1) is 0 Å². The van der Waals surface area contributed by atoms with Crippen LogP contribution in [0.3, 0.4) is 0 Å². The Hall–Kier alpha value is -4.52. The molecular weight excluding hydrogens is 614 g/mol. The van der Waals surface area contributed by atoms with Crippen molar-refractivity contribution in [3.05, 3.63) is 118 Å². The smallest absolute Gasteiger partial charge is 0.416 e. The van der Waals surface area contributed by atoms with Crippen LogP contribution in [0, 0.1) is 0 Å². The van der Waals surface area contributed by atoms with Crippen molar-refractivity contribution in [1.82, 2.24) is 14.0 Å². The Morgan fingerprint density at radius 2 is 1.35 bits per heavy atom. The minimum Gasteiger partial charge on any atom is -0.465 e. The van der Waals surface area contributed by atoms with Crippen LogP contribution in [0.25, 0.3) is 5.69 Å². The topological polar surface area (TPSA) is 59.7 Å². The van der Waals surface area contributed by atoms with E-state index >= 15 is 0 Å². The molecule has 46 heavy (non-hydrogen) atoms. The molecule has 244 valence electrons. The first-order chi connectivity index (χ1) is 21.8. The number of aromatic nitrogens is 2. The molecule has 5 rings (SSSR count). The number of rotatable bonds is 8. The molecular formula is C33H32F6N4O3. The average molecular weight is 647 g/mol. The molecule has 0 spiro atoms. The van der Waals surface area contributed by atoms with E-state index in [1.807, 2.05) is 42.5 Å². The van der Waals surface area contributed by atoms with Crippen LogP contribution in [0.1, 0.15) is 48.2 Å². The number of benzene rings is 3. The Bertz CT molecular complexity index is 1670. The zero-order valence-corrected chi connectivity index (χ0v) is 25.1. The molecule has 0 bridgehead atoms. The van der Waals surface area contributed by atoms with Crippen molar-refractivity contribution in [2.75, 3.05) is 37.7 Å². The number of hydrogen-bond donors (Lipinski definition) is 0. The van der Waals surface area contributed by atoms with Gasteiger partial charge >= 0.3 is 24.0 Å². The van der Waals surface area contributed by atoms with E-state index in [0.717, 1.165) is 15.8 Å². The highest BCUT2D eigenvalue weighted by molar-refractivity contribution is 5.77. The van der Waals surface area contributed by atoms with Gasteiger partial charge in [-0.2, -0.15) is 26.3 Å². The molecule has 0 unspecified atom stereocenters. The van der Waals surface area contributed by atoms with Crippen LogP contribution in [0.15, 0.2) is 90.0 Å². The second-order valence-corrected chi connectivity index (χ2v) is 11.0. The highest BCUT2D eigenvalue weighted by Crippen LogP contribution is 2.38. The van der Waals surface area contributed by atoms with E-state index in [0.29, 0.717) is 44.0 Å². The van der Waals surface area contributed by atoms with E-state index in [4.69, 9.17) is 4.74 Å². The standard InChI is InChI=1S/C33H32F6N4O3/c1-3-46-30(44)29(23-7-5-4-6-8-23)41-15-13-40(14-16-41)27-9-11-28(12-10-27)43-18-17-42(31(43)45)22(2)24-19-25(32(34,35)36)21-26(20-24)33(37,38)39/h4-12,17-22,29H,3,13-16H2,1-2H3/t22-,29+/m0/s1. The lowest BCUT2D eigenvalue weighted by molar-refractivity contribution is -0.150. The normalized spacial score (nSPS) is 15.9. The van der Waals surface area contributed by atoms with E-state index in [9.17, 15) is 35.9 Å². The van der Waals surface area contributed by atoms with Crippen molar-refractivity contribution in [2.45, 2.75) is 38.3 Å². The summed E-state index contributed by atoms with van der Waals surface area (Å²) in [4.78, 5) is 30.3. The van der Waals surface area contributed by atoms with Crippen LogP contribution in [0.4, 0.5) is 32.0 Å². The molecule has 0 amide bonds. The number of halogens is 6. The van der Waals surface area contributed by atoms with E-state index < -0.39 is 41.3 Å². The molecule has 1 aliphatic heterocycles. The quantitative estimate of drug-likeness (QED) is 0.157. The molecule has 4 aromatic rings. The zero-order valence-electron chi connectivity index (χ0n) is 25.1. The lowest BCUT2D eigenvalue weighted by Crippen LogP contribution is -2.49. The zero-order chi connectivity index (χ0) is 33.2. The average Bonchev–Trinajstić information content (AvgIpc) is 3.42. The summed E-state index contributed by atoms with van der Waals surface area (Å²) in [5, 5.41) is 0. The molecule has 2 heterocycles. The Balaban J connectivity index is 1.31. The SMILES string of the molecule is CCOC(=O)[C@@H](c1ccccc1)N1CCN(c2ccc(-n3ccn([C@@H](C)c4cc(C(F)(F)F)cc(C(F)(F)F)c4)c3=O)cc2)CC1. The molecule has 0 aliphatic carbocycles. The van der Waals surface area contributed by atoms with Gasteiger partial charge in [-0.05, 0) is 67.4 Å². The number of hydrogen-bond acceptors (Lipinski definition) is 5. The first-order valence-electron chi connectivity index (χ1n) is 14.7. The molecule has 0 radical (unpaired) electrons. The molecule has 1 saturated heterocycles.